The first-order valence-electron chi connectivity index (χ1n) is 21.3. The van der Waals surface area contributed by atoms with E-state index in [-0.39, 0.29) is 35.6 Å². The van der Waals surface area contributed by atoms with Crippen LogP contribution in [0.15, 0.2) is 125 Å². The highest BCUT2D eigenvalue weighted by Gasteiger charge is 2.50. The number of methoxy groups -OCH3 is 3. The number of amides is 1. The predicted molar refractivity (Wildman–Crippen MR) is 244 cm³/mol. The largest absolute Gasteiger partial charge is 0.497 e. The Kier molecular flexibility index (Phi) is 13.1. The second kappa shape index (κ2) is 19.1. The molecule has 0 radical (unpaired) electrons. The molecule has 18 nitrogen and oxygen atoms in total. The van der Waals surface area contributed by atoms with Gasteiger partial charge in [0.05, 0.1) is 34.3 Å². The zero-order valence-electron chi connectivity index (χ0n) is 37.6. The second-order valence-corrected chi connectivity index (χ2v) is 16.7. The number of ether oxygens (including phenoxy) is 7. The number of benzene rings is 4. The maximum absolute atomic E-state index is 14.7. The van der Waals surface area contributed by atoms with Crippen LogP contribution < -0.4 is 30.9 Å². The van der Waals surface area contributed by atoms with E-state index in [9.17, 15) is 19.5 Å². The van der Waals surface area contributed by atoms with Crippen LogP contribution in [-0.4, -0.2) is 94.6 Å². The Balaban J connectivity index is 1.18. The minimum Gasteiger partial charge on any atom is -0.497 e. The number of hydrogen-bond acceptors (Lipinski definition) is 16. The summed E-state index contributed by atoms with van der Waals surface area (Å²) >= 11 is 0. The van der Waals surface area contributed by atoms with Crippen molar-refractivity contribution in [2.24, 2.45) is 0 Å². The fourth-order valence-corrected chi connectivity index (χ4v) is 8.13. The molecule has 4 N–H and O–H groups in total. The number of aliphatic hydroxyl groups excluding tert-OH is 1. The number of anilines is 1. The molecule has 1 saturated heterocycles. The van der Waals surface area contributed by atoms with Crippen LogP contribution in [0.5, 0.6) is 17.2 Å². The van der Waals surface area contributed by atoms with Crippen molar-refractivity contribution in [3.05, 3.63) is 148 Å². The number of alkyl carbamates (subject to hydrolysis) is 1. The number of hydrogen-bond donors (Lipinski definition) is 3. The Hall–Kier alpha value is -7.54. The number of imidazole rings is 1. The van der Waals surface area contributed by atoms with Crippen LogP contribution in [0.3, 0.4) is 0 Å². The standard InChI is InChI=1S/C49H50N6O12/c1-48(2,3)67-47(59)54-36(22-28-23-39(56)64-37-24-34(62-6)20-21-35(28)37)46(58)66-42-41(57)38(65-45(42)55-27-53-40-43(50)51-26-52-44(40)55)25-63-49(29-10-8-7-9-11-29,30-12-16-32(60-4)17-13-30)31-14-18-33(61-5)19-15-31/h7-21,23-24,26-27,36,38,41-42,45,57H,22,25H2,1-6H3,(H,54,59)(H2,50,51,52)/t36?,38-,41-,42-,45-/m1/s1. The summed E-state index contributed by atoms with van der Waals surface area (Å²) in [4.78, 5) is 53.8. The van der Waals surface area contributed by atoms with Crippen LogP contribution in [0.1, 0.15) is 49.3 Å². The third kappa shape index (κ3) is 9.58. The number of rotatable bonds is 15. The number of aromatic nitrogens is 4. The molecule has 1 aliphatic rings. The molecule has 1 aliphatic heterocycles. The summed E-state index contributed by atoms with van der Waals surface area (Å²) in [7, 11) is 4.63. The van der Waals surface area contributed by atoms with Crippen LogP contribution in [0.4, 0.5) is 10.6 Å². The van der Waals surface area contributed by atoms with Gasteiger partial charge in [-0.15, -0.1) is 0 Å². The number of nitrogens with two attached hydrogens (primary N) is 1. The van der Waals surface area contributed by atoms with Crippen molar-refractivity contribution in [1.82, 2.24) is 24.8 Å². The number of carbonyl (C=O) groups excluding carboxylic acids is 2. The molecule has 3 aromatic heterocycles. The number of carbonyl (C=O) groups is 2. The molecule has 67 heavy (non-hydrogen) atoms. The molecule has 0 aliphatic carbocycles. The van der Waals surface area contributed by atoms with Crippen molar-refractivity contribution in [2.75, 3.05) is 33.7 Å². The van der Waals surface area contributed by atoms with E-state index in [0.29, 0.717) is 28.2 Å². The Bertz CT molecular complexity index is 2870. The number of nitrogens with one attached hydrogen (secondary N) is 1. The summed E-state index contributed by atoms with van der Waals surface area (Å²) in [5.74, 6) is 0.782. The van der Waals surface area contributed by atoms with Gasteiger partial charge < -0.3 is 53.7 Å². The lowest BCUT2D eigenvalue weighted by Crippen LogP contribution is -2.48. The van der Waals surface area contributed by atoms with E-state index in [2.05, 4.69) is 20.3 Å². The van der Waals surface area contributed by atoms with E-state index in [1.54, 1.807) is 47.1 Å². The minimum absolute atomic E-state index is 0.0844. The predicted octanol–water partition coefficient (Wildman–Crippen LogP) is 5.86. The quantitative estimate of drug-likeness (QED) is 0.0622. The third-order valence-corrected chi connectivity index (χ3v) is 11.3. The van der Waals surface area contributed by atoms with Gasteiger partial charge in [0, 0.05) is 23.9 Å². The van der Waals surface area contributed by atoms with Gasteiger partial charge in [-0.1, -0.05) is 54.6 Å². The molecule has 1 amide bonds. The molecule has 4 aromatic carbocycles. The first-order valence-corrected chi connectivity index (χ1v) is 21.3. The van der Waals surface area contributed by atoms with Gasteiger partial charge in [-0.3, -0.25) is 4.57 Å². The highest BCUT2D eigenvalue weighted by Crippen LogP contribution is 2.43. The molecular formula is C49H50N6O12. The summed E-state index contributed by atoms with van der Waals surface area (Å²) < 4.78 is 48.8. The van der Waals surface area contributed by atoms with Crippen LogP contribution in [0.25, 0.3) is 22.1 Å². The van der Waals surface area contributed by atoms with Crippen LogP contribution >= 0.6 is 0 Å². The molecular weight excluding hydrogens is 865 g/mol. The molecule has 1 unspecified atom stereocenters. The van der Waals surface area contributed by atoms with E-state index < -0.39 is 59.5 Å². The number of aliphatic hydroxyl groups is 1. The zero-order chi connectivity index (χ0) is 47.5. The molecule has 7 aromatic rings. The van der Waals surface area contributed by atoms with Crippen LogP contribution in [0.2, 0.25) is 0 Å². The van der Waals surface area contributed by atoms with E-state index in [1.165, 1.54) is 36.5 Å². The topological polar surface area (TPSA) is 231 Å². The highest BCUT2D eigenvalue weighted by atomic mass is 16.6. The first kappa shape index (κ1) is 46.0. The van der Waals surface area contributed by atoms with Crippen molar-refractivity contribution in [2.45, 2.75) is 69.0 Å². The van der Waals surface area contributed by atoms with Gasteiger partial charge in [0.25, 0.3) is 0 Å². The minimum atomic E-state index is -1.56. The van der Waals surface area contributed by atoms with E-state index in [0.717, 1.165) is 16.7 Å². The van der Waals surface area contributed by atoms with Crippen molar-refractivity contribution in [1.29, 1.82) is 0 Å². The summed E-state index contributed by atoms with van der Waals surface area (Å²) in [5.41, 5.74) is 6.43. The van der Waals surface area contributed by atoms with Crippen LogP contribution in [0, 0.1) is 0 Å². The molecule has 8 rings (SSSR count). The Labute approximate surface area is 384 Å². The average Bonchev–Trinajstić information content (AvgIpc) is 3.89. The maximum Gasteiger partial charge on any atom is 0.408 e. The Morgan fingerprint density at radius 2 is 1.46 bits per heavy atom. The van der Waals surface area contributed by atoms with Gasteiger partial charge in [-0.05, 0) is 79.4 Å². The van der Waals surface area contributed by atoms with Gasteiger partial charge in [0.2, 0.25) is 0 Å². The van der Waals surface area contributed by atoms with Gasteiger partial charge in [-0.25, -0.2) is 29.3 Å². The molecule has 1 fully saturated rings. The summed E-state index contributed by atoms with van der Waals surface area (Å²) in [6, 6.07) is 29.1. The fraction of sp³-hybridized carbons (Fsp3) is 0.306. The maximum atomic E-state index is 14.7. The summed E-state index contributed by atoms with van der Waals surface area (Å²) in [5, 5.41) is 15.5. The fourth-order valence-electron chi connectivity index (χ4n) is 8.13. The molecule has 4 heterocycles. The zero-order valence-corrected chi connectivity index (χ0v) is 37.6. The van der Waals surface area contributed by atoms with Crippen LogP contribution in [-0.2, 0) is 35.8 Å². The lowest BCUT2D eigenvalue weighted by molar-refractivity contribution is -0.161. The monoisotopic (exact) mass is 914 g/mol. The van der Waals surface area contributed by atoms with E-state index in [1.807, 2.05) is 78.9 Å². The van der Waals surface area contributed by atoms with Gasteiger partial charge in [0.15, 0.2) is 23.8 Å². The van der Waals surface area contributed by atoms with Gasteiger partial charge in [-0.2, -0.15) is 0 Å². The smallest absolute Gasteiger partial charge is 0.408 e. The lowest BCUT2D eigenvalue weighted by Gasteiger charge is -2.37. The number of nitrogen functional groups attached to an aromatic ring is 1. The molecule has 18 heteroatoms. The Morgan fingerprint density at radius 3 is 2.09 bits per heavy atom. The van der Waals surface area contributed by atoms with Crippen molar-refractivity contribution < 1.29 is 52.3 Å². The third-order valence-electron chi connectivity index (χ3n) is 11.3. The van der Waals surface area contributed by atoms with Crippen molar-refractivity contribution >= 4 is 40.0 Å². The average molecular weight is 915 g/mol. The number of nitrogens with zero attached hydrogens (tertiary/aromatic N) is 4. The Morgan fingerprint density at radius 1 is 0.836 bits per heavy atom. The van der Waals surface area contributed by atoms with Crippen molar-refractivity contribution in [3.8, 4) is 17.2 Å². The van der Waals surface area contributed by atoms with E-state index >= 15 is 0 Å². The highest BCUT2D eigenvalue weighted by molar-refractivity contribution is 5.85. The van der Waals surface area contributed by atoms with E-state index in [4.69, 9.17) is 43.3 Å². The molecule has 5 atom stereocenters. The normalized spacial score (nSPS) is 17.8. The van der Waals surface area contributed by atoms with Gasteiger partial charge >= 0.3 is 17.7 Å². The van der Waals surface area contributed by atoms with Crippen molar-refractivity contribution in [3.63, 3.8) is 0 Å². The van der Waals surface area contributed by atoms with Gasteiger partial charge in [0.1, 0.15) is 64.1 Å². The molecule has 348 valence electrons. The SMILES string of the molecule is COc1ccc(C(OC[C@H]2O[C@@H](n3cnc4c(N)ncnc43)[C@H](OC(=O)C(Cc3cc(=O)oc4cc(OC)ccc34)NC(=O)OC(C)(C)C)[C@@H]2O)(c2ccccc2)c2ccc(OC)cc2)cc1. The number of esters is 1. The summed E-state index contributed by atoms with van der Waals surface area (Å²) in [6.45, 7) is 4.74. The first-order chi connectivity index (χ1) is 32.2. The second-order valence-electron chi connectivity index (χ2n) is 16.7. The number of fused-ring (bicyclic) bond motifs is 2. The summed E-state index contributed by atoms with van der Waals surface area (Å²) in [6.07, 6.45) is -4.05. The lowest BCUT2D eigenvalue weighted by atomic mass is 9.80. The molecule has 0 saturated carbocycles. The molecule has 0 spiro atoms. The molecule has 0 bridgehead atoms.